The van der Waals surface area contributed by atoms with E-state index in [1.807, 2.05) is 26.0 Å². The van der Waals surface area contributed by atoms with E-state index in [-0.39, 0.29) is 11.8 Å². The van der Waals surface area contributed by atoms with Gasteiger partial charge in [-0.3, -0.25) is 0 Å². The van der Waals surface area contributed by atoms with Gasteiger partial charge in [0.15, 0.2) is 0 Å². The fourth-order valence-corrected chi connectivity index (χ4v) is 3.41. The number of rotatable bonds is 4. The predicted molar refractivity (Wildman–Crippen MR) is 109 cm³/mol. The van der Waals surface area contributed by atoms with Crippen LogP contribution in [0.15, 0.2) is 48.5 Å². The van der Waals surface area contributed by atoms with Crippen LogP contribution in [-0.2, 0) is 5.54 Å². The highest BCUT2D eigenvalue weighted by Crippen LogP contribution is 2.25. The summed E-state index contributed by atoms with van der Waals surface area (Å²) in [4.78, 5) is 14.8. The second-order valence-electron chi connectivity index (χ2n) is 7.93. The summed E-state index contributed by atoms with van der Waals surface area (Å²) in [6, 6.07) is 13.8. The zero-order chi connectivity index (χ0) is 19.4. The van der Waals surface area contributed by atoms with Crippen LogP contribution < -0.4 is 15.5 Å². The van der Waals surface area contributed by atoms with Gasteiger partial charge in [0.1, 0.15) is 5.82 Å². The molecule has 1 fully saturated rings. The number of benzene rings is 2. The summed E-state index contributed by atoms with van der Waals surface area (Å²) in [6.45, 7) is 8.25. The van der Waals surface area contributed by atoms with Crippen LogP contribution in [0.25, 0.3) is 0 Å². The first-order valence-corrected chi connectivity index (χ1v) is 9.54. The average molecular weight is 369 g/mol. The first-order chi connectivity index (χ1) is 12.8. The number of amides is 2. The first-order valence-electron chi connectivity index (χ1n) is 9.54. The summed E-state index contributed by atoms with van der Waals surface area (Å²) < 4.78 is 13.1. The lowest BCUT2D eigenvalue weighted by Gasteiger charge is -2.32. The standard InChI is InChI=1S/C22H28FN3O/c1-16-12-14-26(15-13-16)20-10-8-19(9-11-20)24-21(27)25-22(2,3)17-4-6-18(23)7-5-17/h4-11,16H,12-15H2,1-3H3,(H2,24,25,27). The third-order valence-corrected chi connectivity index (χ3v) is 5.27. The molecular weight excluding hydrogens is 341 g/mol. The summed E-state index contributed by atoms with van der Waals surface area (Å²) in [7, 11) is 0. The van der Waals surface area contributed by atoms with Gasteiger partial charge in [0.25, 0.3) is 0 Å². The van der Waals surface area contributed by atoms with Crippen LogP contribution in [-0.4, -0.2) is 19.1 Å². The Morgan fingerprint density at radius 2 is 1.63 bits per heavy atom. The molecule has 5 heteroatoms. The second kappa shape index (κ2) is 7.99. The van der Waals surface area contributed by atoms with Crippen molar-refractivity contribution >= 4 is 17.4 Å². The molecule has 2 N–H and O–H groups in total. The van der Waals surface area contributed by atoms with Crippen molar-refractivity contribution in [3.63, 3.8) is 0 Å². The first kappa shape index (κ1) is 19.2. The fraction of sp³-hybridized carbons (Fsp3) is 0.409. The van der Waals surface area contributed by atoms with Crippen LogP contribution in [0.1, 0.15) is 39.2 Å². The van der Waals surface area contributed by atoms with Gasteiger partial charge in [-0.05, 0) is 74.6 Å². The molecular formula is C22H28FN3O. The van der Waals surface area contributed by atoms with Crippen molar-refractivity contribution in [1.29, 1.82) is 0 Å². The number of halogens is 1. The van der Waals surface area contributed by atoms with E-state index >= 15 is 0 Å². The van der Waals surface area contributed by atoms with Gasteiger partial charge < -0.3 is 15.5 Å². The minimum absolute atomic E-state index is 0.288. The van der Waals surface area contributed by atoms with Crippen molar-refractivity contribution in [2.75, 3.05) is 23.3 Å². The van der Waals surface area contributed by atoms with Crippen LogP contribution in [0, 0.1) is 11.7 Å². The largest absolute Gasteiger partial charge is 0.372 e. The monoisotopic (exact) mass is 369 g/mol. The molecule has 1 heterocycles. The SMILES string of the molecule is CC1CCN(c2ccc(NC(=O)NC(C)(C)c3ccc(F)cc3)cc2)CC1. The van der Waals surface area contributed by atoms with Crippen LogP contribution in [0.4, 0.5) is 20.6 Å². The molecule has 144 valence electrons. The molecule has 2 amide bonds. The molecule has 2 aromatic carbocycles. The molecule has 1 aliphatic rings. The van der Waals surface area contributed by atoms with Gasteiger partial charge in [-0.2, -0.15) is 0 Å². The molecule has 0 aromatic heterocycles. The van der Waals surface area contributed by atoms with Gasteiger partial charge in [-0.25, -0.2) is 9.18 Å². The number of hydrogen-bond acceptors (Lipinski definition) is 2. The van der Waals surface area contributed by atoms with Crippen LogP contribution in [0.3, 0.4) is 0 Å². The maximum absolute atomic E-state index is 13.1. The summed E-state index contributed by atoms with van der Waals surface area (Å²) >= 11 is 0. The van der Waals surface area contributed by atoms with E-state index in [1.165, 1.54) is 30.7 Å². The van der Waals surface area contributed by atoms with Gasteiger partial charge in [-0.15, -0.1) is 0 Å². The Balaban J connectivity index is 1.58. The van der Waals surface area contributed by atoms with E-state index in [9.17, 15) is 9.18 Å². The normalized spacial score (nSPS) is 15.5. The molecule has 0 unspecified atom stereocenters. The third kappa shape index (κ3) is 5.00. The Kier molecular flexibility index (Phi) is 5.68. The van der Waals surface area contributed by atoms with E-state index < -0.39 is 5.54 Å². The maximum atomic E-state index is 13.1. The van der Waals surface area contributed by atoms with E-state index in [1.54, 1.807) is 12.1 Å². The van der Waals surface area contributed by atoms with Gasteiger partial charge in [0.2, 0.25) is 0 Å². The van der Waals surface area contributed by atoms with Crippen LogP contribution >= 0.6 is 0 Å². The van der Waals surface area contributed by atoms with Crippen LogP contribution in [0.5, 0.6) is 0 Å². The van der Waals surface area contributed by atoms with Crippen molar-refractivity contribution < 1.29 is 9.18 Å². The number of hydrogen-bond donors (Lipinski definition) is 2. The fourth-order valence-electron chi connectivity index (χ4n) is 3.41. The topological polar surface area (TPSA) is 44.4 Å². The minimum Gasteiger partial charge on any atom is -0.372 e. The summed E-state index contributed by atoms with van der Waals surface area (Å²) in [5.41, 5.74) is 2.17. The quantitative estimate of drug-likeness (QED) is 0.786. The predicted octanol–water partition coefficient (Wildman–Crippen LogP) is 5.12. The maximum Gasteiger partial charge on any atom is 0.319 e. The van der Waals surface area contributed by atoms with Crippen molar-refractivity contribution in [3.05, 3.63) is 59.9 Å². The molecule has 0 bridgehead atoms. The number of nitrogens with zero attached hydrogens (tertiary/aromatic N) is 1. The molecule has 0 radical (unpaired) electrons. The molecule has 0 saturated carbocycles. The van der Waals surface area contributed by atoms with Crippen molar-refractivity contribution in [1.82, 2.24) is 5.32 Å². The van der Waals surface area contributed by atoms with Crippen LogP contribution in [0.2, 0.25) is 0 Å². The molecule has 0 spiro atoms. The molecule has 0 atom stereocenters. The third-order valence-electron chi connectivity index (χ3n) is 5.27. The van der Waals surface area contributed by atoms with E-state index in [2.05, 4.69) is 34.6 Å². The van der Waals surface area contributed by atoms with Crippen molar-refractivity contribution in [3.8, 4) is 0 Å². The molecule has 0 aliphatic carbocycles. The molecule has 4 nitrogen and oxygen atoms in total. The minimum atomic E-state index is -0.609. The lowest BCUT2D eigenvalue weighted by molar-refractivity contribution is 0.242. The molecule has 1 saturated heterocycles. The Morgan fingerprint density at radius 1 is 1.04 bits per heavy atom. The number of carbonyl (C=O) groups excluding carboxylic acids is 1. The number of carbonyl (C=O) groups is 1. The zero-order valence-electron chi connectivity index (χ0n) is 16.3. The lowest BCUT2D eigenvalue weighted by atomic mass is 9.94. The highest BCUT2D eigenvalue weighted by molar-refractivity contribution is 5.90. The number of nitrogens with one attached hydrogen (secondary N) is 2. The van der Waals surface area contributed by atoms with E-state index in [0.717, 1.165) is 30.3 Å². The molecule has 27 heavy (non-hydrogen) atoms. The second-order valence-corrected chi connectivity index (χ2v) is 7.93. The number of anilines is 2. The average Bonchev–Trinajstić information content (AvgIpc) is 2.63. The van der Waals surface area contributed by atoms with E-state index in [0.29, 0.717) is 0 Å². The number of urea groups is 1. The Bertz CT molecular complexity index is 763. The smallest absolute Gasteiger partial charge is 0.319 e. The Labute approximate surface area is 160 Å². The Morgan fingerprint density at radius 3 is 2.22 bits per heavy atom. The highest BCUT2D eigenvalue weighted by atomic mass is 19.1. The van der Waals surface area contributed by atoms with Gasteiger partial charge >= 0.3 is 6.03 Å². The molecule has 2 aromatic rings. The van der Waals surface area contributed by atoms with Crippen molar-refractivity contribution in [2.24, 2.45) is 5.92 Å². The Hall–Kier alpha value is -2.56. The van der Waals surface area contributed by atoms with E-state index in [4.69, 9.17) is 0 Å². The summed E-state index contributed by atoms with van der Waals surface area (Å²) in [5.74, 6) is 0.512. The van der Waals surface area contributed by atoms with Gasteiger partial charge in [0, 0.05) is 24.5 Å². The van der Waals surface area contributed by atoms with Crippen molar-refractivity contribution in [2.45, 2.75) is 39.2 Å². The summed E-state index contributed by atoms with van der Waals surface area (Å²) in [6.07, 6.45) is 2.45. The highest BCUT2D eigenvalue weighted by Gasteiger charge is 2.23. The van der Waals surface area contributed by atoms with Gasteiger partial charge in [0.05, 0.1) is 5.54 Å². The zero-order valence-corrected chi connectivity index (χ0v) is 16.3. The summed E-state index contributed by atoms with van der Waals surface area (Å²) in [5, 5.41) is 5.81. The van der Waals surface area contributed by atoms with Gasteiger partial charge in [-0.1, -0.05) is 19.1 Å². The molecule has 1 aliphatic heterocycles. The number of piperidine rings is 1. The lowest BCUT2D eigenvalue weighted by Crippen LogP contribution is -2.43. The molecule has 3 rings (SSSR count).